The zero-order chi connectivity index (χ0) is 12.4. The van der Waals surface area contributed by atoms with E-state index in [4.69, 9.17) is 5.11 Å². The molecule has 1 aliphatic carbocycles. The molecule has 1 fully saturated rings. The molecular formula is C12H16N2O3. The molecule has 5 nitrogen and oxygen atoms in total. The molecule has 2 N–H and O–H groups in total. The van der Waals surface area contributed by atoms with Crippen LogP contribution in [-0.4, -0.2) is 28.1 Å². The Balaban J connectivity index is 1.93. The molecule has 2 unspecified atom stereocenters. The van der Waals surface area contributed by atoms with Crippen LogP contribution in [0.2, 0.25) is 0 Å². The number of amides is 1. The normalized spacial score (nSPS) is 22.2. The summed E-state index contributed by atoms with van der Waals surface area (Å²) in [6.45, 7) is 2.65. The van der Waals surface area contributed by atoms with Crippen molar-refractivity contribution in [1.29, 1.82) is 0 Å². The smallest absolute Gasteiger partial charge is 0.323 e. The number of carboxylic acid groups (broad SMARTS) is 1. The lowest BCUT2D eigenvalue weighted by Gasteiger charge is -2.07. The molecule has 2 rings (SSSR count). The summed E-state index contributed by atoms with van der Waals surface area (Å²) in [6.07, 6.45) is 2.76. The van der Waals surface area contributed by atoms with Crippen LogP contribution in [0.3, 0.4) is 0 Å². The Morgan fingerprint density at radius 3 is 2.88 bits per heavy atom. The molecular weight excluding hydrogens is 220 g/mol. The molecule has 1 aromatic heterocycles. The van der Waals surface area contributed by atoms with Crippen molar-refractivity contribution in [2.24, 2.45) is 11.8 Å². The Hall–Kier alpha value is -1.78. The SMILES string of the molecule is CC1CC1CNC(=O)c1cccn1CC(=O)O. The Kier molecular flexibility index (Phi) is 3.17. The fourth-order valence-electron chi connectivity index (χ4n) is 1.90. The third-order valence-corrected chi connectivity index (χ3v) is 3.17. The first kappa shape index (κ1) is 11.7. The minimum absolute atomic E-state index is 0.185. The van der Waals surface area contributed by atoms with E-state index in [-0.39, 0.29) is 12.5 Å². The summed E-state index contributed by atoms with van der Waals surface area (Å²) < 4.78 is 1.44. The maximum Gasteiger partial charge on any atom is 0.323 e. The van der Waals surface area contributed by atoms with Gasteiger partial charge in [-0.05, 0) is 30.4 Å². The van der Waals surface area contributed by atoms with E-state index in [1.807, 2.05) is 0 Å². The van der Waals surface area contributed by atoms with E-state index in [2.05, 4.69) is 12.2 Å². The van der Waals surface area contributed by atoms with Crippen molar-refractivity contribution in [2.75, 3.05) is 6.54 Å². The second-order valence-electron chi connectivity index (χ2n) is 4.60. The molecule has 0 saturated heterocycles. The van der Waals surface area contributed by atoms with Gasteiger partial charge in [-0.15, -0.1) is 0 Å². The zero-order valence-electron chi connectivity index (χ0n) is 9.72. The quantitative estimate of drug-likeness (QED) is 0.799. The molecule has 5 heteroatoms. The van der Waals surface area contributed by atoms with E-state index < -0.39 is 5.97 Å². The van der Waals surface area contributed by atoms with Crippen LogP contribution in [-0.2, 0) is 11.3 Å². The molecule has 0 aromatic carbocycles. The minimum Gasteiger partial charge on any atom is -0.480 e. The molecule has 0 spiro atoms. The van der Waals surface area contributed by atoms with Crippen LogP contribution < -0.4 is 5.32 Å². The van der Waals surface area contributed by atoms with Crippen LogP contribution in [0.15, 0.2) is 18.3 Å². The highest BCUT2D eigenvalue weighted by atomic mass is 16.4. The third-order valence-electron chi connectivity index (χ3n) is 3.17. The molecule has 17 heavy (non-hydrogen) atoms. The average molecular weight is 236 g/mol. The highest BCUT2D eigenvalue weighted by Crippen LogP contribution is 2.36. The van der Waals surface area contributed by atoms with E-state index in [0.29, 0.717) is 24.1 Å². The summed E-state index contributed by atoms with van der Waals surface area (Å²) in [6, 6.07) is 3.31. The van der Waals surface area contributed by atoms with Crippen molar-refractivity contribution in [2.45, 2.75) is 19.9 Å². The maximum absolute atomic E-state index is 11.8. The van der Waals surface area contributed by atoms with Crippen molar-refractivity contribution >= 4 is 11.9 Å². The van der Waals surface area contributed by atoms with Gasteiger partial charge < -0.3 is 15.0 Å². The Bertz CT molecular complexity index is 439. The van der Waals surface area contributed by atoms with Gasteiger partial charge in [-0.3, -0.25) is 9.59 Å². The van der Waals surface area contributed by atoms with E-state index in [1.54, 1.807) is 18.3 Å². The molecule has 1 saturated carbocycles. The number of hydrogen-bond donors (Lipinski definition) is 2. The van der Waals surface area contributed by atoms with Crippen LogP contribution in [0.1, 0.15) is 23.8 Å². The lowest BCUT2D eigenvalue weighted by atomic mass is 10.3. The minimum atomic E-state index is -0.953. The van der Waals surface area contributed by atoms with Crippen molar-refractivity contribution < 1.29 is 14.7 Å². The second kappa shape index (κ2) is 4.61. The fraction of sp³-hybridized carbons (Fsp3) is 0.500. The van der Waals surface area contributed by atoms with Gasteiger partial charge in [0.05, 0.1) is 0 Å². The van der Waals surface area contributed by atoms with Gasteiger partial charge in [0, 0.05) is 12.7 Å². The summed E-state index contributed by atoms with van der Waals surface area (Å²) in [5.41, 5.74) is 0.403. The van der Waals surface area contributed by atoms with Crippen LogP contribution >= 0.6 is 0 Å². The molecule has 2 atom stereocenters. The molecule has 0 bridgehead atoms. The van der Waals surface area contributed by atoms with Crippen molar-refractivity contribution in [3.05, 3.63) is 24.0 Å². The van der Waals surface area contributed by atoms with Crippen molar-refractivity contribution in [3.8, 4) is 0 Å². The molecule has 1 aromatic rings. The van der Waals surface area contributed by atoms with E-state index in [0.717, 1.165) is 6.42 Å². The number of rotatable bonds is 5. The van der Waals surface area contributed by atoms with E-state index in [1.165, 1.54) is 4.57 Å². The summed E-state index contributed by atoms with van der Waals surface area (Å²) >= 11 is 0. The number of carbonyl (C=O) groups excluding carboxylic acids is 1. The molecule has 0 radical (unpaired) electrons. The number of carbonyl (C=O) groups is 2. The number of hydrogen-bond acceptors (Lipinski definition) is 2. The van der Waals surface area contributed by atoms with Gasteiger partial charge in [0.2, 0.25) is 0 Å². The van der Waals surface area contributed by atoms with Crippen molar-refractivity contribution in [1.82, 2.24) is 9.88 Å². The van der Waals surface area contributed by atoms with E-state index in [9.17, 15) is 9.59 Å². The standard InChI is InChI=1S/C12H16N2O3/c1-8-5-9(8)6-13-12(17)10-3-2-4-14(10)7-11(15)16/h2-4,8-9H,5-7H2,1H3,(H,13,17)(H,15,16). The van der Waals surface area contributed by atoms with Crippen LogP contribution in [0, 0.1) is 11.8 Å². The predicted molar refractivity (Wildman–Crippen MR) is 61.7 cm³/mol. The summed E-state index contributed by atoms with van der Waals surface area (Å²) in [5.74, 6) is 0.129. The molecule has 1 amide bonds. The van der Waals surface area contributed by atoms with Gasteiger partial charge >= 0.3 is 5.97 Å². The first-order chi connectivity index (χ1) is 8.08. The van der Waals surface area contributed by atoms with Crippen molar-refractivity contribution in [3.63, 3.8) is 0 Å². The lowest BCUT2D eigenvalue weighted by molar-refractivity contribution is -0.137. The average Bonchev–Trinajstić information content (AvgIpc) is 2.75. The monoisotopic (exact) mass is 236 g/mol. The number of nitrogens with one attached hydrogen (secondary N) is 1. The van der Waals surface area contributed by atoms with Crippen LogP contribution in [0.4, 0.5) is 0 Å². The number of aliphatic carboxylic acids is 1. The first-order valence-electron chi connectivity index (χ1n) is 5.73. The maximum atomic E-state index is 11.8. The van der Waals surface area contributed by atoms with Gasteiger partial charge in [0.1, 0.15) is 12.2 Å². The van der Waals surface area contributed by atoms with Crippen LogP contribution in [0.5, 0.6) is 0 Å². The Morgan fingerprint density at radius 1 is 1.59 bits per heavy atom. The van der Waals surface area contributed by atoms with E-state index >= 15 is 0 Å². The molecule has 92 valence electrons. The van der Waals surface area contributed by atoms with Gasteiger partial charge in [-0.2, -0.15) is 0 Å². The zero-order valence-corrected chi connectivity index (χ0v) is 9.72. The topological polar surface area (TPSA) is 71.3 Å². The Morgan fingerprint density at radius 2 is 2.29 bits per heavy atom. The van der Waals surface area contributed by atoms with Gasteiger partial charge in [0.25, 0.3) is 5.91 Å². The second-order valence-corrected chi connectivity index (χ2v) is 4.60. The molecule has 1 aliphatic rings. The molecule has 1 heterocycles. The summed E-state index contributed by atoms with van der Waals surface area (Å²) in [4.78, 5) is 22.4. The lowest BCUT2D eigenvalue weighted by Crippen LogP contribution is -2.28. The number of nitrogens with zero attached hydrogens (tertiary/aromatic N) is 1. The predicted octanol–water partition coefficient (Wildman–Crippen LogP) is 0.958. The molecule has 0 aliphatic heterocycles. The van der Waals surface area contributed by atoms with Gasteiger partial charge in [-0.1, -0.05) is 6.92 Å². The Labute approximate surface area is 99.4 Å². The highest BCUT2D eigenvalue weighted by Gasteiger charge is 2.32. The highest BCUT2D eigenvalue weighted by molar-refractivity contribution is 5.93. The number of aromatic nitrogens is 1. The van der Waals surface area contributed by atoms with Gasteiger partial charge in [0.15, 0.2) is 0 Å². The third kappa shape index (κ3) is 2.87. The number of carboxylic acids is 1. The first-order valence-corrected chi connectivity index (χ1v) is 5.73. The summed E-state index contributed by atoms with van der Waals surface area (Å²) in [7, 11) is 0. The van der Waals surface area contributed by atoms with Crippen LogP contribution in [0.25, 0.3) is 0 Å². The fourth-order valence-corrected chi connectivity index (χ4v) is 1.90. The summed E-state index contributed by atoms with van der Waals surface area (Å²) in [5, 5.41) is 11.5. The van der Waals surface area contributed by atoms with Gasteiger partial charge in [-0.25, -0.2) is 0 Å². The largest absolute Gasteiger partial charge is 0.480 e.